The van der Waals surface area contributed by atoms with Gasteiger partial charge in [0, 0.05) is 18.3 Å². The van der Waals surface area contributed by atoms with Crippen molar-refractivity contribution in [1.82, 2.24) is 14.5 Å². The Balaban J connectivity index is 1.75. The van der Waals surface area contributed by atoms with E-state index in [0.717, 1.165) is 5.52 Å². The fourth-order valence-electron chi connectivity index (χ4n) is 3.89. The lowest BCUT2D eigenvalue weighted by atomic mass is 9.88. The van der Waals surface area contributed by atoms with Gasteiger partial charge >= 0.3 is 6.09 Å². The molecule has 1 amide bonds. The van der Waals surface area contributed by atoms with Crippen LogP contribution >= 0.6 is 23.2 Å². The Labute approximate surface area is 189 Å². The van der Waals surface area contributed by atoms with E-state index in [0.29, 0.717) is 18.7 Å². The molecular weight excluding hydrogens is 442 g/mol. The van der Waals surface area contributed by atoms with Crippen LogP contribution < -0.4 is 5.32 Å². The lowest BCUT2D eigenvalue weighted by Crippen LogP contribution is -2.42. The van der Waals surface area contributed by atoms with Gasteiger partial charge in [-0.15, -0.1) is 0 Å². The first-order valence-electron chi connectivity index (χ1n) is 9.91. The van der Waals surface area contributed by atoms with E-state index in [1.165, 1.54) is 12.1 Å². The molecule has 1 fully saturated rings. The van der Waals surface area contributed by atoms with Gasteiger partial charge in [-0.3, -0.25) is 0 Å². The summed E-state index contributed by atoms with van der Waals surface area (Å²) < 4.78 is 22.3. The average Bonchev–Trinajstić information content (AvgIpc) is 3.31. The Morgan fingerprint density at radius 3 is 2.74 bits per heavy atom. The topological polar surface area (TPSA) is 58.9 Å². The van der Waals surface area contributed by atoms with E-state index in [2.05, 4.69) is 10.4 Å². The van der Waals surface area contributed by atoms with Gasteiger partial charge < -0.3 is 15.0 Å². The van der Waals surface area contributed by atoms with E-state index in [4.69, 9.17) is 27.9 Å². The van der Waals surface area contributed by atoms with Crippen molar-refractivity contribution in [2.45, 2.75) is 38.3 Å². The van der Waals surface area contributed by atoms with Gasteiger partial charge in [-0.05, 0) is 57.5 Å². The zero-order valence-electron chi connectivity index (χ0n) is 17.5. The zero-order chi connectivity index (χ0) is 22.4. The normalized spacial score (nSPS) is 19.1. The van der Waals surface area contributed by atoms with Crippen LogP contribution in [-0.2, 0) is 10.3 Å². The van der Waals surface area contributed by atoms with Crippen molar-refractivity contribution in [3.05, 3.63) is 64.2 Å². The number of aromatic nitrogens is 2. The quantitative estimate of drug-likeness (QED) is 0.502. The number of fused-ring (bicyclic) bond motifs is 1. The molecule has 1 N–H and O–H groups in total. The van der Waals surface area contributed by atoms with Crippen molar-refractivity contribution in [1.29, 1.82) is 0 Å². The summed E-state index contributed by atoms with van der Waals surface area (Å²) in [5.74, 6) is -0.492. The third-order valence-electron chi connectivity index (χ3n) is 5.22. The van der Waals surface area contributed by atoms with Crippen LogP contribution in [0.5, 0.6) is 0 Å². The highest BCUT2D eigenvalue weighted by Crippen LogP contribution is 2.43. The number of ether oxygens (including phenoxy) is 1. The van der Waals surface area contributed by atoms with E-state index in [-0.39, 0.29) is 22.2 Å². The Morgan fingerprint density at radius 2 is 2.00 bits per heavy atom. The van der Waals surface area contributed by atoms with Gasteiger partial charge in [0.25, 0.3) is 0 Å². The van der Waals surface area contributed by atoms with Crippen LogP contribution in [0.25, 0.3) is 5.52 Å². The maximum absolute atomic E-state index is 15.1. The molecule has 31 heavy (non-hydrogen) atoms. The number of hydrogen-bond acceptors (Lipinski definition) is 4. The largest absolute Gasteiger partial charge is 0.444 e. The molecule has 164 valence electrons. The SMILES string of the molecule is CC(C)(C)OC(=O)N1CCC(Nc2ccc3ccnn3c2)(c2c(F)ccc(Cl)c2Cl)C1. The lowest BCUT2D eigenvalue weighted by molar-refractivity contribution is 0.0286. The number of nitrogens with one attached hydrogen (secondary N) is 1. The monoisotopic (exact) mass is 464 g/mol. The predicted molar refractivity (Wildman–Crippen MR) is 119 cm³/mol. The Bertz CT molecular complexity index is 1140. The second-order valence-corrected chi connectivity index (χ2v) is 9.48. The number of carbonyl (C=O) groups is 1. The highest BCUT2D eigenvalue weighted by molar-refractivity contribution is 6.42. The van der Waals surface area contributed by atoms with E-state index in [9.17, 15) is 4.79 Å². The van der Waals surface area contributed by atoms with Crippen LogP contribution in [-0.4, -0.2) is 39.3 Å². The number of halogens is 3. The molecule has 3 heterocycles. The van der Waals surface area contributed by atoms with Crippen LogP contribution in [0.3, 0.4) is 0 Å². The number of pyridine rings is 1. The van der Waals surface area contributed by atoms with Crippen LogP contribution in [0.15, 0.2) is 42.7 Å². The second-order valence-electron chi connectivity index (χ2n) is 8.70. The number of nitrogens with zero attached hydrogens (tertiary/aromatic N) is 3. The predicted octanol–water partition coefficient (Wildman–Crippen LogP) is 5.73. The maximum atomic E-state index is 15.1. The zero-order valence-corrected chi connectivity index (χ0v) is 19.0. The van der Waals surface area contributed by atoms with E-state index >= 15 is 4.39 Å². The summed E-state index contributed by atoms with van der Waals surface area (Å²) >= 11 is 12.7. The van der Waals surface area contributed by atoms with E-state index in [1.54, 1.807) is 36.4 Å². The Morgan fingerprint density at radius 1 is 1.23 bits per heavy atom. The molecule has 3 aromatic rings. The average molecular weight is 465 g/mol. The highest BCUT2D eigenvalue weighted by Gasteiger charge is 2.46. The van der Waals surface area contributed by atoms with Gasteiger partial charge in [-0.25, -0.2) is 13.7 Å². The molecule has 2 aromatic heterocycles. The summed E-state index contributed by atoms with van der Waals surface area (Å²) in [6.07, 6.45) is 3.46. The van der Waals surface area contributed by atoms with Crippen molar-refractivity contribution in [2.24, 2.45) is 0 Å². The van der Waals surface area contributed by atoms with Crippen LogP contribution in [0.1, 0.15) is 32.8 Å². The molecule has 6 nitrogen and oxygen atoms in total. The van der Waals surface area contributed by atoms with E-state index in [1.807, 2.05) is 24.4 Å². The molecule has 1 saturated heterocycles. The number of hydrogen-bond donors (Lipinski definition) is 1. The molecule has 0 aliphatic carbocycles. The van der Waals surface area contributed by atoms with Crippen molar-refractivity contribution in [3.8, 4) is 0 Å². The van der Waals surface area contributed by atoms with Gasteiger partial charge in [0.15, 0.2) is 0 Å². The Hall–Kier alpha value is -2.51. The number of anilines is 1. The fourth-order valence-corrected chi connectivity index (χ4v) is 4.38. The second kappa shape index (κ2) is 7.88. The maximum Gasteiger partial charge on any atom is 0.410 e. The molecular formula is C22H23Cl2FN4O2. The molecule has 1 aromatic carbocycles. The number of amides is 1. The lowest BCUT2D eigenvalue weighted by Gasteiger charge is -2.34. The molecule has 1 atom stereocenters. The minimum atomic E-state index is -0.996. The van der Waals surface area contributed by atoms with Gasteiger partial charge in [-0.2, -0.15) is 5.10 Å². The molecule has 0 radical (unpaired) electrons. The minimum absolute atomic E-state index is 0.125. The van der Waals surface area contributed by atoms with E-state index < -0.39 is 23.1 Å². The third-order valence-corrected chi connectivity index (χ3v) is 6.03. The van der Waals surface area contributed by atoms with Gasteiger partial charge in [0.1, 0.15) is 11.4 Å². The summed E-state index contributed by atoms with van der Waals surface area (Å²) in [6.45, 7) is 5.95. The summed E-state index contributed by atoms with van der Waals surface area (Å²) in [4.78, 5) is 14.3. The van der Waals surface area contributed by atoms with Gasteiger partial charge in [-0.1, -0.05) is 23.2 Å². The molecule has 0 bridgehead atoms. The van der Waals surface area contributed by atoms with Crippen LogP contribution in [0.2, 0.25) is 10.0 Å². The highest BCUT2D eigenvalue weighted by atomic mass is 35.5. The first-order chi connectivity index (χ1) is 14.6. The fraction of sp³-hybridized carbons (Fsp3) is 0.364. The molecule has 0 spiro atoms. The summed E-state index contributed by atoms with van der Waals surface area (Å²) in [6, 6.07) is 8.38. The van der Waals surface area contributed by atoms with Crippen molar-refractivity contribution in [3.63, 3.8) is 0 Å². The molecule has 4 rings (SSSR count). The number of likely N-dealkylation sites (tertiary alicyclic amines) is 1. The first-order valence-corrected chi connectivity index (χ1v) is 10.7. The summed E-state index contributed by atoms with van der Waals surface area (Å²) in [5.41, 5.74) is 0.225. The first kappa shape index (κ1) is 21.7. The molecule has 9 heteroatoms. The standard InChI is InChI=1S/C22H23Cl2FN4O2/c1-21(2,3)31-20(30)28-11-9-22(13-28,18-17(25)7-6-16(23)19(18)24)27-14-4-5-15-8-10-26-29(15)12-14/h4-8,10,12,27H,9,11,13H2,1-3H3. The van der Waals surface area contributed by atoms with Crippen LogP contribution in [0, 0.1) is 5.82 Å². The molecule has 1 unspecified atom stereocenters. The summed E-state index contributed by atoms with van der Waals surface area (Å²) in [7, 11) is 0. The van der Waals surface area contributed by atoms with Gasteiger partial charge in [0.05, 0.1) is 39.5 Å². The molecule has 0 saturated carbocycles. The number of carbonyl (C=O) groups excluding carboxylic acids is 1. The Kier molecular flexibility index (Phi) is 5.52. The van der Waals surface area contributed by atoms with Crippen molar-refractivity contribution >= 4 is 40.5 Å². The summed E-state index contributed by atoms with van der Waals surface area (Å²) in [5, 5.41) is 8.04. The minimum Gasteiger partial charge on any atom is -0.444 e. The third kappa shape index (κ3) is 4.29. The smallest absolute Gasteiger partial charge is 0.410 e. The van der Waals surface area contributed by atoms with Crippen molar-refractivity contribution < 1.29 is 13.9 Å². The molecule has 1 aliphatic heterocycles. The number of rotatable bonds is 3. The van der Waals surface area contributed by atoms with Crippen LogP contribution in [0.4, 0.5) is 14.9 Å². The number of benzene rings is 1. The van der Waals surface area contributed by atoms with Crippen molar-refractivity contribution in [2.75, 3.05) is 18.4 Å². The van der Waals surface area contributed by atoms with Gasteiger partial charge in [0.2, 0.25) is 0 Å². The molecule has 1 aliphatic rings.